The van der Waals surface area contributed by atoms with Crippen LogP contribution in [0.3, 0.4) is 0 Å². The Labute approximate surface area is 202 Å². The van der Waals surface area contributed by atoms with E-state index in [0.717, 1.165) is 35.0 Å². The molecule has 2 atom stereocenters. The third-order valence-electron chi connectivity index (χ3n) is 6.90. The third kappa shape index (κ3) is 3.97. The highest BCUT2D eigenvalue weighted by atomic mass is 35.5. The zero-order chi connectivity index (χ0) is 23.4. The number of nitrogens with zero attached hydrogens (tertiary/aromatic N) is 5. The molecular weight excluding hydrogens is 453 g/mol. The van der Waals surface area contributed by atoms with E-state index in [1.165, 1.54) is 18.9 Å². The van der Waals surface area contributed by atoms with Gasteiger partial charge < -0.3 is 4.74 Å². The van der Waals surface area contributed by atoms with Gasteiger partial charge in [0, 0.05) is 46.0 Å². The summed E-state index contributed by atoms with van der Waals surface area (Å²) in [4.78, 5) is 14.5. The molecule has 4 aromatic rings. The molecule has 0 bridgehead atoms. The molecule has 4 heterocycles. The molecule has 0 unspecified atom stereocenters. The van der Waals surface area contributed by atoms with E-state index in [2.05, 4.69) is 11.3 Å². The van der Waals surface area contributed by atoms with Crippen molar-refractivity contribution < 1.29 is 9.13 Å². The maximum atomic E-state index is 15.0. The van der Waals surface area contributed by atoms with Crippen LogP contribution in [0.5, 0.6) is 0 Å². The van der Waals surface area contributed by atoms with Gasteiger partial charge in [0.25, 0.3) is 0 Å². The van der Waals surface area contributed by atoms with E-state index in [9.17, 15) is 4.39 Å². The number of ether oxygens (including phenoxy) is 1. The monoisotopic (exact) mass is 477 g/mol. The van der Waals surface area contributed by atoms with Gasteiger partial charge >= 0.3 is 0 Å². The number of rotatable bonds is 4. The SMILES string of the molecule is Cc1cc2c(-c3ccc(Cl)cc3F)nc([C@H]3CCO[C@H](c4cnn(C5CC5)c4)C3)nc2nc1C. The Morgan fingerprint density at radius 2 is 1.94 bits per heavy atom. The Kier molecular flexibility index (Phi) is 5.34. The largest absolute Gasteiger partial charge is 0.373 e. The van der Waals surface area contributed by atoms with Crippen molar-refractivity contribution in [2.45, 2.75) is 57.6 Å². The first-order valence-corrected chi connectivity index (χ1v) is 12.1. The molecule has 6 rings (SSSR count). The normalized spacial score (nSPS) is 20.7. The topological polar surface area (TPSA) is 65.7 Å². The maximum absolute atomic E-state index is 15.0. The number of aromatic nitrogens is 5. The first-order valence-electron chi connectivity index (χ1n) is 11.7. The zero-order valence-electron chi connectivity index (χ0n) is 19.1. The lowest BCUT2D eigenvalue weighted by Gasteiger charge is -2.28. The number of pyridine rings is 1. The quantitative estimate of drug-likeness (QED) is 0.346. The van der Waals surface area contributed by atoms with Crippen LogP contribution in [0.1, 0.15) is 66.4 Å². The van der Waals surface area contributed by atoms with Crippen LogP contribution >= 0.6 is 11.6 Å². The average molecular weight is 478 g/mol. The van der Waals surface area contributed by atoms with Crippen molar-refractivity contribution in [2.24, 2.45) is 0 Å². The van der Waals surface area contributed by atoms with Crippen molar-refractivity contribution >= 4 is 22.6 Å². The van der Waals surface area contributed by atoms with Crippen LogP contribution < -0.4 is 0 Å². The Hall–Kier alpha value is -2.90. The molecule has 1 saturated carbocycles. The third-order valence-corrected chi connectivity index (χ3v) is 7.13. The van der Waals surface area contributed by atoms with Crippen molar-refractivity contribution in [3.63, 3.8) is 0 Å². The van der Waals surface area contributed by atoms with Crippen molar-refractivity contribution in [3.05, 3.63) is 70.1 Å². The van der Waals surface area contributed by atoms with Gasteiger partial charge in [0.05, 0.1) is 24.0 Å². The zero-order valence-corrected chi connectivity index (χ0v) is 19.9. The molecule has 1 aliphatic heterocycles. The summed E-state index contributed by atoms with van der Waals surface area (Å²) in [7, 11) is 0. The minimum absolute atomic E-state index is 0.0611. The predicted octanol–water partition coefficient (Wildman–Crippen LogP) is 6.27. The number of halogens is 2. The number of benzene rings is 1. The van der Waals surface area contributed by atoms with E-state index >= 15 is 0 Å². The molecular formula is C26H25ClFN5O. The second kappa shape index (κ2) is 8.40. The second-order valence-electron chi connectivity index (χ2n) is 9.38. The minimum atomic E-state index is -0.408. The van der Waals surface area contributed by atoms with Gasteiger partial charge in [-0.25, -0.2) is 19.3 Å². The van der Waals surface area contributed by atoms with E-state index in [-0.39, 0.29) is 12.0 Å². The highest BCUT2D eigenvalue weighted by Gasteiger charge is 2.31. The molecule has 1 saturated heterocycles. The summed E-state index contributed by atoms with van der Waals surface area (Å²) in [6.07, 6.45) is 7.88. The molecule has 0 radical (unpaired) electrons. The van der Waals surface area contributed by atoms with E-state index in [4.69, 9.17) is 31.3 Å². The molecule has 2 aliphatic rings. The van der Waals surface area contributed by atoms with Gasteiger partial charge in [-0.2, -0.15) is 5.10 Å². The van der Waals surface area contributed by atoms with Crippen LogP contribution in [0.2, 0.25) is 5.02 Å². The smallest absolute Gasteiger partial charge is 0.163 e. The van der Waals surface area contributed by atoms with Gasteiger partial charge in [-0.1, -0.05) is 11.6 Å². The summed E-state index contributed by atoms with van der Waals surface area (Å²) in [5.74, 6) is 0.342. The summed E-state index contributed by atoms with van der Waals surface area (Å²) >= 11 is 6.02. The van der Waals surface area contributed by atoms with E-state index in [1.807, 2.05) is 30.8 Å². The Bertz CT molecular complexity index is 1400. The Morgan fingerprint density at radius 1 is 1.09 bits per heavy atom. The van der Waals surface area contributed by atoms with Crippen molar-refractivity contribution in [1.82, 2.24) is 24.7 Å². The summed E-state index contributed by atoms with van der Waals surface area (Å²) < 4.78 is 23.1. The number of hydrogen-bond donors (Lipinski definition) is 0. The standard InChI is InChI=1S/C26H25ClFN5O/c1-14-9-21-24(20-6-3-18(27)11-22(20)28)31-25(32-26(21)30-15(14)2)16-7-8-34-23(10-16)17-12-29-33(13-17)19-4-5-19/h3,6,9,11-13,16,19,23H,4-5,7-8,10H2,1-2H3/t16-,23-/m0/s1. The summed E-state index contributed by atoms with van der Waals surface area (Å²) in [6, 6.07) is 7.21. The summed E-state index contributed by atoms with van der Waals surface area (Å²) in [6.45, 7) is 4.56. The molecule has 1 aromatic carbocycles. The lowest BCUT2D eigenvalue weighted by molar-refractivity contribution is 0.00396. The number of fused-ring (bicyclic) bond motifs is 1. The highest BCUT2D eigenvalue weighted by molar-refractivity contribution is 6.30. The first kappa shape index (κ1) is 21.6. The number of aryl methyl sites for hydroxylation is 2. The van der Waals surface area contributed by atoms with E-state index in [1.54, 1.807) is 12.1 Å². The maximum Gasteiger partial charge on any atom is 0.163 e. The van der Waals surface area contributed by atoms with Crippen molar-refractivity contribution in [2.75, 3.05) is 6.61 Å². The van der Waals surface area contributed by atoms with Crippen LogP contribution in [-0.2, 0) is 4.74 Å². The molecule has 2 fully saturated rings. The molecule has 1 aliphatic carbocycles. The molecule has 0 N–H and O–H groups in total. The molecule has 34 heavy (non-hydrogen) atoms. The summed E-state index contributed by atoms with van der Waals surface area (Å²) in [5.41, 5.74) is 4.54. The molecule has 3 aromatic heterocycles. The fourth-order valence-corrected chi connectivity index (χ4v) is 4.81. The second-order valence-corrected chi connectivity index (χ2v) is 9.82. The van der Waals surface area contributed by atoms with Gasteiger partial charge in [0.15, 0.2) is 5.65 Å². The lowest BCUT2D eigenvalue weighted by atomic mass is 9.92. The van der Waals surface area contributed by atoms with Crippen LogP contribution in [0.15, 0.2) is 36.7 Å². The molecule has 0 spiro atoms. The van der Waals surface area contributed by atoms with E-state index in [0.29, 0.717) is 40.4 Å². The Balaban J connectivity index is 1.41. The van der Waals surface area contributed by atoms with Crippen LogP contribution in [0, 0.1) is 19.7 Å². The van der Waals surface area contributed by atoms with Gasteiger partial charge in [-0.3, -0.25) is 4.68 Å². The molecule has 0 amide bonds. The molecule has 8 heteroatoms. The van der Waals surface area contributed by atoms with Crippen LogP contribution in [0.25, 0.3) is 22.3 Å². The van der Waals surface area contributed by atoms with Gasteiger partial charge in [-0.05, 0) is 69.4 Å². The van der Waals surface area contributed by atoms with Crippen LogP contribution in [-0.4, -0.2) is 31.3 Å². The molecule has 6 nitrogen and oxygen atoms in total. The van der Waals surface area contributed by atoms with Gasteiger partial charge in [0.2, 0.25) is 0 Å². The average Bonchev–Trinajstić information content (AvgIpc) is 3.56. The predicted molar refractivity (Wildman–Crippen MR) is 128 cm³/mol. The van der Waals surface area contributed by atoms with Gasteiger partial charge in [0.1, 0.15) is 11.6 Å². The fourth-order valence-electron chi connectivity index (χ4n) is 4.65. The van der Waals surface area contributed by atoms with Crippen molar-refractivity contribution in [3.8, 4) is 11.3 Å². The summed E-state index contributed by atoms with van der Waals surface area (Å²) in [5, 5.41) is 5.61. The van der Waals surface area contributed by atoms with Crippen molar-refractivity contribution in [1.29, 1.82) is 0 Å². The number of hydrogen-bond acceptors (Lipinski definition) is 5. The highest BCUT2D eigenvalue weighted by Crippen LogP contribution is 2.40. The minimum Gasteiger partial charge on any atom is -0.373 e. The van der Waals surface area contributed by atoms with Crippen LogP contribution in [0.4, 0.5) is 4.39 Å². The first-order chi connectivity index (χ1) is 16.5. The lowest BCUT2D eigenvalue weighted by Crippen LogP contribution is -2.20. The van der Waals surface area contributed by atoms with E-state index < -0.39 is 5.82 Å². The van der Waals surface area contributed by atoms with Gasteiger partial charge in [-0.15, -0.1) is 0 Å². The fraction of sp³-hybridized carbons (Fsp3) is 0.385. The molecule has 174 valence electrons. The Morgan fingerprint density at radius 3 is 2.74 bits per heavy atom.